The molecule has 0 saturated heterocycles. The molecule has 0 aromatic heterocycles. The van der Waals surface area contributed by atoms with Gasteiger partial charge in [0.2, 0.25) is 0 Å². The first-order valence-electron chi connectivity index (χ1n) is 2.93. The molecular formula is C7H6Cl2FN. The Balaban J connectivity index is 3.46. The molecule has 1 aromatic rings. The fraction of sp³-hybridized carbons (Fsp3) is 0.143. The Morgan fingerprint density at radius 2 is 2.00 bits per heavy atom. The Labute approximate surface area is 73.9 Å². The van der Waals surface area contributed by atoms with Crippen molar-refractivity contribution in [3.05, 3.63) is 27.5 Å². The molecular weight excluding hydrogens is 188 g/mol. The van der Waals surface area contributed by atoms with E-state index < -0.39 is 5.82 Å². The lowest BCUT2D eigenvalue weighted by Gasteiger charge is -2.04. The van der Waals surface area contributed by atoms with E-state index in [-0.39, 0.29) is 10.7 Å². The number of rotatable bonds is 0. The van der Waals surface area contributed by atoms with Crippen molar-refractivity contribution in [1.82, 2.24) is 0 Å². The Morgan fingerprint density at radius 1 is 1.45 bits per heavy atom. The van der Waals surface area contributed by atoms with Gasteiger partial charge in [0.15, 0.2) is 0 Å². The molecule has 0 bridgehead atoms. The van der Waals surface area contributed by atoms with Crippen LogP contribution in [0, 0.1) is 12.7 Å². The molecule has 0 aliphatic heterocycles. The molecule has 0 spiro atoms. The van der Waals surface area contributed by atoms with Gasteiger partial charge < -0.3 is 5.73 Å². The maximum Gasteiger partial charge on any atom is 0.149 e. The lowest BCUT2D eigenvalue weighted by molar-refractivity contribution is 0.632. The van der Waals surface area contributed by atoms with Crippen LogP contribution in [0.3, 0.4) is 0 Å². The van der Waals surface area contributed by atoms with Crippen LogP contribution in [0.4, 0.5) is 10.1 Å². The van der Waals surface area contributed by atoms with E-state index in [0.717, 1.165) is 6.07 Å². The minimum atomic E-state index is -0.578. The third-order valence-electron chi connectivity index (χ3n) is 1.43. The van der Waals surface area contributed by atoms with E-state index in [9.17, 15) is 4.39 Å². The fourth-order valence-electron chi connectivity index (χ4n) is 0.709. The minimum Gasteiger partial charge on any atom is -0.395 e. The van der Waals surface area contributed by atoms with Crippen molar-refractivity contribution < 1.29 is 4.39 Å². The van der Waals surface area contributed by atoms with E-state index in [1.54, 1.807) is 6.92 Å². The predicted octanol–water partition coefficient (Wildman–Crippen LogP) is 3.02. The summed E-state index contributed by atoms with van der Waals surface area (Å²) in [6, 6.07) is 1.15. The second-order valence-corrected chi connectivity index (χ2v) is 2.98. The molecule has 0 radical (unpaired) electrons. The largest absolute Gasteiger partial charge is 0.395 e. The van der Waals surface area contributed by atoms with Crippen LogP contribution in [0.15, 0.2) is 6.07 Å². The topological polar surface area (TPSA) is 26.0 Å². The van der Waals surface area contributed by atoms with Gasteiger partial charge in [0.25, 0.3) is 0 Å². The van der Waals surface area contributed by atoms with Gasteiger partial charge in [0.05, 0.1) is 10.7 Å². The third kappa shape index (κ3) is 1.42. The van der Waals surface area contributed by atoms with Gasteiger partial charge in [-0.25, -0.2) is 4.39 Å². The number of nitrogens with two attached hydrogens (primary N) is 1. The standard InChI is InChI=1S/C7H6Cl2FN/c1-3-4(8)2-5(10)7(11)6(3)9/h2H,11H2,1H3. The minimum absolute atomic E-state index is 0.0476. The Hall–Kier alpha value is -0.470. The summed E-state index contributed by atoms with van der Waals surface area (Å²) in [6.07, 6.45) is 0. The average Bonchev–Trinajstić information content (AvgIpc) is 1.97. The summed E-state index contributed by atoms with van der Waals surface area (Å²) >= 11 is 11.2. The van der Waals surface area contributed by atoms with Crippen LogP contribution in [0.5, 0.6) is 0 Å². The second kappa shape index (κ2) is 2.88. The number of halogens is 3. The number of anilines is 1. The summed E-state index contributed by atoms with van der Waals surface area (Å²) in [5.41, 5.74) is 5.84. The van der Waals surface area contributed by atoms with Gasteiger partial charge in [-0.3, -0.25) is 0 Å². The van der Waals surface area contributed by atoms with E-state index >= 15 is 0 Å². The molecule has 0 fully saturated rings. The zero-order chi connectivity index (χ0) is 8.59. The average molecular weight is 194 g/mol. The van der Waals surface area contributed by atoms with Crippen molar-refractivity contribution in [2.24, 2.45) is 0 Å². The highest BCUT2D eigenvalue weighted by Gasteiger charge is 2.09. The van der Waals surface area contributed by atoms with Gasteiger partial charge in [0.1, 0.15) is 5.82 Å². The molecule has 1 aromatic carbocycles. The molecule has 0 aliphatic carbocycles. The Bertz CT molecular complexity index is 273. The molecule has 0 aliphatic rings. The highest BCUT2D eigenvalue weighted by atomic mass is 35.5. The molecule has 11 heavy (non-hydrogen) atoms. The van der Waals surface area contributed by atoms with Crippen molar-refractivity contribution in [1.29, 1.82) is 0 Å². The van der Waals surface area contributed by atoms with Crippen LogP contribution in [0.2, 0.25) is 10.0 Å². The molecule has 1 nitrogen and oxygen atoms in total. The molecule has 60 valence electrons. The van der Waals surface area contributed by atoms with Crippen LogP contribution in [-0.4, -0.2) is 0 Å². The maximum atomic E-state index is 12.7. The van der Waals surface area contributed by atoms with E-state index in [1.807, 2.05) is 0 Å². The van der Waals surface area contributed by atoms with E-state index in [0.29, 0.717) is 10.6 Å². The van der Waals surface area contributed by atoms with E-state index in [2.05, 4.69) is 0 Å². The van der Waals surface area contributed by atoms with Crippen molar-refractivity contribution in [2.75, 3.05) is 5.73 Å². The number of hydrogen-bond acceptors (Lipinski definition) is 1. The summed E-state index contributed by atoms with van der Waals surface area (Å²) < 4.78 is 12.7. The summed E-state index contributed by atoms with van der Waals surface area (Å²) in [6.45, 7) is 1.68. The fourth-order valence-corrected chi connectivity index (χ4v) is 1.14. The van der Waals surface area contributed by atoms with E-state index in [4.69, 9.17) is 28.9 Å². The molecule has 4 heteroatoms. The van der Waals surface area contributed by atoms with Crippen LogP contribution in [0.1, 0.15) is 5.56 Å². The number of hydrogen-bond donors (Lipinski definition) is 1. The van der Waals surface area contributed by atoms with Crippen molar-refractivity contribution >= 4 is 28.9 Å². The van der Waals surface area contributed by atoms with Crippen molar-refractivity contribution in [2.45, 2.75) is 6.92 Å². The second-order valence-electron chi connectivity index (χ2n) is 2.19. The first kappa shape index (κ1) is 8.62. The summed E-state index contributed by atoms with van der Waals surface area (Å²) in [4.78, 5) is 0. The normalized spacial score (nSPS) is 10.2. The lowest BCUT2D eigenvalue weighted by atomic mass is 10.2. The molecule has 2 N–H and O–H groups in total. The van der Waals surface area contributed by atoms with Gasteiger partial charge in [0, 0.05) is 5.02 Å². The lowest BCUT2D eigenvalue weighted by Crippen LogP contribution is -1.94. The van der Waals surface area contributed by atoms with Crippen LogP contribution in [0.25, 0.3) is 0 Å². The van der Waals surface area contributed by atoms with Gasteiger partial charge in [-0.1, -0.05) is 23.2 Å². The summed E-state index contributed by atoms with van der Waals surface area (Å²) in [5, 5.41) is 0.483. The van der Waals surface area contributed by atoms with Gasteiger partial charge >= 0.3 is 0 Å². The van der Waals surface area contributed by atoms with Crippen LogP contribution >= 0.6 is 23.2 Å². The number of nitrogen functional groups attached to an aromatic ring is 1. The van der Waals surface area contributed by atoms with Crippen molar-refractivity contribution in [3.63, 3.8) is 0 Å². The SMILES string of the molecule is Cc1c(Cl)cc(F)c(N)c1Cl. The molecule has 0 atom stereocenters. The van der Waals surface area contributed by atoms with Crippen LogP contribution < -0.4 is 5.73 Å². The van der Waals surface area contributed by atoms with Gasteiger partial charge in [-0.05, 0) is 18.6 Å². The monoisotopic (exact) mass is 193 g/mol. The molecule has 0 saturated carbocycles. The third-order valence-corrected chi connectivity index (χ3v) is 2.31. The van der Waals surface area contributed by atoms with Gasteiger partial charge in [-0.15, -0.1) is 0 Å². The summed E-state index contributed by atoms with van der Waals surface area (Å²) in [7, 11) is 0. The van der Waals surface area contributed by atoms with Crippen LogP contribution in [-0.2, 0) is 0 Å². The Morgan fingerprint density at radius 3 is 2.55 bits per heavy atom. The predicted molar refractivity (Wildman–Crippen MR) is 45.6 cm³/mol. The quantitative estimate of drug-likeness (QED) is 0.631. The first-order valence-corrected chi connectivity index (χ1v) is 3.69. The zero-order valence-corrected chi connectivity index (χ0v) is 7.30. The van der Waals surface area contributed by atoms with Gasteiger partial charge in [-0.2, -0.15) is 0 Å². The molecule has 0 unspecified atom stereocenters. The highest BCUT2D eigenvalue weighted by molar-refractivity contribution is 6.37. The smallest absolute Gasteiger partial charge is 0.149 e. The number of benzene rings is 1. The zero-order valence-electron chi connectivity index (χ0n) is 5.79. The van der Waals surface area contributed by atoms with Crippen molar-refractivity contribution in [3.8, 4) is 0 Å². The van der Waals surface area contributed by atoms with E-state index in [1.165, 1.54) is 0 Å². The molecule has 0 amide bonds. The highest BCUT2D eigenvalue weighted by Crippen LogP contribution is 2.31. The maximum absolute atomic E-state index is 12.7. The summed E-state index contributed by atoms with van der Waals surface area (Å²) in [5.74, 6) is -0.578. The molecule has 0 heterocycles. The Kier molecular flexibility index (Phi) is 2.25. The first-order chi connectivity index (χ1) is 5.04. The molecule has 1 rings (SSSR count).